The minimum atomic E-state index is 0.142. The van der Waals surface area contributed by atoms with E-state index in [0.717, 1.165) is 23.7 Å². The van der Waals surface area contributed by atoms with E-state index in [9.17, 15) is 0 Å². The van der Waals surface area contributed by atoms with E-state index in [1.165, 1.54) is 22.6 Å². The van der Waals surface area contributed by atoms with Crippen molar-refractivity contribution in [3.8, 4) is 5.75 Å². The van der Waals surface area contributed by atoms with Gasteiger partial charge in [0.25, 0.3) is 0 Å². The Bertz CT molecular complexity index is 575. The van der Waals surface area contributed by atoms with Gasteiger partial charge in [-0.15, -0.1) is 11.3 Å². The zero-order chi connectivity index (χ0) is 14.8. The van der Waals surface area contributed by atoms with Crippen LogP contribution < -0.4 is 10.1 Å². The number of thioether (sulfide) groups is 1. The minimum absolute atomic E-state index is 0.142. The van der Waals surface area contributed by atoms with Crippen molar-refractivity contribution in [3.63, 3.8) is 0 Å². The van der Waals surface area contributed by atoms with Crippen LogP contribution in [0.1, 0.15) is 34.0 Å². The topological polar surface area (TPSA) is 39.1 Å². The Morgan fingerprint density at radius 2 is 2.38 bits per heavy atom. The van der Waals surface area contributed by atoms with E-state index >= 15 is 0 Å². The smallest absolute Gasteiger partial charge is 0.161 e. The molecule has 1 unspecified atom stereocenters. The van der Waals surface area contributed by atoms with E-state index < -0.39 is 0 Å². The van der Waals surface area contributed by atoms with Crippen LogP contribution >= 0.6 is 23.1 Å². The number of aromatic nitrogens is 2. The van der Waals surface area contributed by atoms with Gasteiger partial charge in [-0.2, -0.15) is 16.9 Å². The highest BCUT2D eigenvalue weighted by atomic mass is 32.2. The molecule has 0 saturated heterocycles. The number of hydrogen-bond donors (Lipinski definition) is 1. The van der Waals surface area contributed by atoms with Crippen molar-refractivity contribution in [2.75, 3.05) is 19.9 Å². The van der Waals surface area contributed by atoms with Crippen LogP contribution in [0.2, 0.25) is 0 Å². The summed E-state index contributed by atoms with van der Waals surface area (Å²) >= 11 is 3.96. The maximum atomic E-state index is 5.51. The van der Waals surface area contributed by atoms with Gasteiger partial charge in [-0.1, -0.05) is 0 Å². The molecule has 3 heterocycles. The second kappa shape index (κ2) is 6.42. The lowest BCUT2D eigenvalue weighted by atomic mass is 10.1. The second-order valence-electron chi connectivity index (χ2n) is 5.04. The molecular formula is C15H21N3OS2. The molecule has 1 N–H and O–H groups in total. The number of nitrogens with zero attached hydrogens (tertiary/aromatic N) is 2. The summed E-state index contributed by atoms with van der Waals surface area (Å²) < 4.78 is 7.53. The summed E-state index contributed by atoms with van der Waals surface area (Å²) in [6.45, 7) is 2.95. The zero-order valence-corrected chi connectivity index (χ0v) is 14.3. The molecule has 0 radical (unpaired) electrons. The van der Waals surface area contributed by atoms with Crippen LogP contribution in [0.3, 0.4) is 0 Å². The average Bonchev–Trinajstić information content (AvgIpc) is 3.11. The van der Waals surface area contributed by atoms with Gasteiger partial charge in [0.2, 0.25) is 0 Å². The first-order valence-electron chi connectivity index (χ1n) is 7.24. The first-order valence-corrected chi connectivity index (χ1v) is 9.21. The van der Waals surface area contributed by atoms with Crippen molar-refractivity contribution >= 4 is 23.1 Å². The highest BCUT2D eigenvalue weighted by Gasteiger charge is 2.25. The molecule has 0 aromatic carbocycles. The fraction of sp³-hybridized carbons (Fsp3) is 0.533. The van der Waals surface area contributed by atoms with Crippen LogP contribution in [0.25, 0.3) is 0 Å². The van der Waals surface area contributed by atoms with Gasteiger partial charge in [0.05, 0.1) is 19.3 Å². The zero-order valence-electron chi connectivity index (χ0n) is 12.7. The molecule has 2 aromatic heterocycles. The number of hydrogen-bond acceptors (Lipinski definition) is 5. The largest absolute Gasteiger partial charge is 0.493 e. The Hall–Kier alpha value is -0.980. The third-order valence-electron chi connectivity index (χ3n) is 3.86. The lowest BCUT2D eigenvalue weighted by Gasteiger charge is -2.17. The Morgan fingerprint density at radius 1 is 1.52 bits per heavy atom. The molecule has 0 amide bonds. The molecule has 1 atom stereocenters. The number of fused-ring (bicyclic) bond motifs is 1. The molecule has 6 heteroatoms. The van der Waals surface area contributed by atoms with E-state index in [0.29, 0.717) is 0 Å². The SMILES string of the molecule is CCn1ncc(OC)c1C(NC)c1cc2c(s1)CCSC2. The molecule has 0 bridgehead atoms. The molecule has 0 fully saturated rings. The van der Waals surface area contributed by atoms with Gasteiger partial charge < -0.3 is 10.1 Å². The Kier molecular flexibility index (Phi) is 4.57. The summed E-state index contributed by atoms with van der Waals surface area (Å²) in [5, 5.41) is 7.88. The van der Waals surface area contributed by atoms with Gasteiger partial charge in [0.15, 0.2) is 5.75 Å². The Balaban J connectivity index is 2.02. The Labute approximate surface area is 133 Å². The number of thiophene rings is 1. The van der Waals surface area contributed by atoms with Crippen LogP contribution in [-0.4, -0.2) is 29.7 Å². The van der Waals surface area contributed by atoms with E-state index in [-0.39, 0.29) is 6.04 Å². The summed E-state index contributed by atoms with van der Waals surface area (Å²) in [6, 6.07) is 2.50. The van der Waals surface area contributed by atoms with Crippen LogP contribution in [0.4, 0.5) is 0 Å². The predicted molar refractivity (Wildman–Crippen MR) is 89.5 cm³/mol. The maximum absolute atomic E-state index is 5.51. The van der Waals surface area contributed by atoms with Crippen molar-refractivity contribution in [1.29, 1.82) is 0 Å². The highest BCUT2D eigenvalue weighted by molar-refractivity contribution is 7.98. The van der Waals surface area contributed by atoms with Crippen molar-refractivity contribution < 1.29 is 4.74 Å². The van der Waals surface area contributed by atoms with Crippen LogP contribution in [0.5, 0.6) is 5.75 Å². The molecule has 1 aliphatic rings. The third kappa shape index (κ3) is 2.72. The van der Waals surface area contributed by atoms with Crippen LogP contribution in [0.15, 0.2) is 12.3 Å². The molecule has 114 valence electrons. The molecule has 1 aliphatic heterocycles. The van der Waals surface area contributed by atoms with E-state index in [1.807, 2.05) is 41.0 Å². The van der Waals surface area contributed by atoms with Gasteiger partial charge in [-0.25, -0.2) is 0 Å². The van der Waals surface area contributed by atoms with E-state index in [4.69, 9.17) is 4.74 Å². The molecule has 21 heavy (non-hydrogen) atoms. The summed E-state index contributed by atoms with van der Waals surface area (Å²) in [6.07, 6.45) is 3.01. The molecular weight excluding hydrogens is 302 g/mol. The first-order chi connectivity index (χ1) is 10.3. The molecule has 3 rings (SSSR count). The number of methoxy groups -OCH3 is 1. The van der Waals surface area contributed by atoms with Crippen LogP contribution in [0, 0.1) is 0 Å². The van der Waals surface area contributed by atoms with Gasteiger partial charge >= 0.3 is 0 Å². The fourth-order valence-corrected chi connectivity index (χ4v) is 5.29. The first kappa shape index (κ1) is 14.9. The van der Waals surface area contributed by atoms with Gasteiger partial charge in [-0.05, 0) is 37.8 Å². The van der Waals surface area contributed by atoms with Gasteiger partial charge in [-0.3, -0.25) is 4.68 Å². The second-order valence-corrected chi connectivity index (χ2v) is 7.31. The molecule has 0 spiro atoms. The standard InChI is InChI=1S/C15H21N3OS2/c1-4-18-15(11(19-3)8-17-18)14(16-2)13-7-10-9-20-6-5-12(10)21-13/h7-8,14,16H,4-6,9H2,1-3H3. The summed E-state index contributed by atoms with van der Waals surface area (Å²) in [5.74, 6) is 3.25. The minimum Gasteiger partial charge on any atom is -0.493 e. The quantitative estimate of drug-likeness (QED) is 0.918. The molecule has 2 aromatic rings. The van der Waals surface area contributed by atoms with Crippen molar-refractivity contribution in [2.45, 2.75) is 31.7 Å². The van der Waals surface area contributed by atoms with Crippen LogP contribution in [-0.2, 0) is 18.7 Å². The summed E-state index contributed by atoms with van der Waals surface area (Å²) in [4.78, 5) is 2.91. The third-order valence-corrected chi connectivity index (χ3v) is 6.17. The van der Waals surface area contributed by atoms with Gasteiger partial charge in [0, 0.05) is 22.1 Å². The average molecular weight is 323 g/mol. The fourth-order valence-electron chi connectivity index (χ4n) is 2.80. The predicted octanol–water partition coefficient (Wildman–Crippen LogP) is 3.07. The normalized spacial score (nSPS) is 15.8. The highest BCUT2D eigenvalue weighted by Crippen LogP contribution is 2.38. The van der Waals surface area contributed by atoms with E-state index in [1.54, 1.807) is 12.0 Å². The number of nitrogens with one attached hydrogen (secondary N) is 1. The van der Waals surface area contributed by atoms with E-state index in [2.05, 4.69) is 23.4 Å². The summed E-state index contributed by atoms with van der Waals surface area (Å²) in [7, 11) is 3.72. The molecule has 0 saturated carbocycles. The maximum Gasteiger partial charge on any atom is 0.161 e. The number of rotatable bonds is 5. The van der Waals surface area contributed by atoms with Crippen molar-refractivity contribution in [1.82, 2.24) is 15.1 Å². The van der Waals surface area contributed by atoms with Crippen molar-refractivity contribution in [2.24, 2.45) is 0 Å². The Morgan fingerprint density at radius 3 is 3.05 bits per heavy atom. The number of aryl methyl sites for hydroxylation is 2. The monoisotopic (exact) mass is 323 g/mol. The number of ether oxygens (including phenoxy) is 1. The lowest BCUT2D eigenvalue weighted by Crippen LogP contribution is -2.21. The summed E-state index contributed by atoms with van der Waals surface area (Å²) in [5.41, 5.74) is 2.63. The molecule has 4 nitrogen and oxygen atoms in total. The molecule has 0 aliphatic carbocycles. The van der Waals surface area contributed by atoms with Gasteiger partial charge in [0.1, 0.15) is 5.69 Å². The van der Waals surface area contributed by atoms with Crippen molar-refractivity contribution in [3.05, 3.63) is 33.3 Å². The lowest BCUT2D eigenvalue weighted by molar-refractivity contribution is 0.401.